The lowest BCUT2D eigenvalue weighted by atomic mass is 10.2. The van der Waals surface area contributed by atoms with Crippen LogP contribution >= 0.6 is 11.6 Å². The molecule has 28 heavy (non-hydrogen) atoms. The van der Waals surface area contributed by atoms with Crippen LogP contribution in [-0.2, 0) is 11.3 Å². The highest BCUT2D eigenvalue weighted by Crippen LogP contribution is 2.36. The summed E-state index contributed by atoms with van der Waals surface area (Å²) in [5.41, 5.74) is 1.58. The number of amides is 1. The summed E-state index contributed by atoms with van der Waals surface area (Å²) < 4.78 is 16.0. The van der Waals surface area contributed by atoms with Crippen molar-refractivity contribution in [2.45, 2.75) is 25.4 Å². The molecule has 7 heteroatoms. The smallest absolute Gasteiger partial charge is 0.238 e. The number of methoxy groups -OCH3 is 3. The number of carbonyl (C=O) groups excluding carboxylic acids is 1. The number of hydrogen-bond donors (Lipinski definition) is 1. The van der Waals surface area contributed by atoms with Crippen molar-refractivity contribution in [1.82, 2.24) is 4.90 Å². The van der Waals surface area contributed by atoms with Crippen LogP contribution in [0.2, 0.25) is 5.02 Å². The molecule has 3 rings (SSSR count). The van der Waals surface area contributed by atoms with E-state index in [4.69, 9.17) is 25.8 Å². The Hall–Kier alpha value is -2.44. The lowest BCUT2D eigenvalue weighted by molar-refractivity contribution is -0.117. The second-order valence-corrected chi connectivity index (χ2v) is 7.09. The fourth-order valence-corrected chi connectivity index (χ4v) is 3.38. The Morgan fingerprint density at radius 3 is 2.39 bits per heavy atom. The van der Waals surface area contributed by atoms with Crippen molar-refractivity contribution in [3.8, 4) is 17.2 Å². The molecule has 6 nitrogen and oxygen atoms in total. The van der Waals surface area contributed by atoms with Crippen molar-refractivity contribution in [3.63, 3.8) is 0 Å². The van der Waals surface area contributed by atoms with Crippen LogP contribution in [0.3, 0.4) is 0 Å². The van der Waals surface area contributed by atoms with Gasteiger partial charge in [0.25, 0.3) is 0 Å². The van der Waals surface area contributed by atoms with Gasteiger partial charge in [0.15, 0.2) is 0 Å². The van der Waals surface area contributed by atoms with Gasteiger partial charge >= 0.3 is 0 Å². The van der Waals surface area contributed by atoms with E-state index in [0.29, 0.717) is 34.8 Å². The first-order valence-electron chi connectivity index (χ1n) is 9.13. The van der Waals surface area contributed by atoms with E-state index in [1.807, 2.05) is 24.3 Å². The molecule has 2 aromatic rings. The molecule has 1 aliphatic rings. The molecule has 2 aromatic carbocycles. The number of halogens is 1. The van der Waals surface area contributed by atoms with Crippen LogP contribution in [0, 0.1) is 0 Å². The van der Waals surface area contributed by atoms with Gasteiger partial charge < -0.3 is 19.5 Å². The zero-order chi connectivity index (χ0) is 20.1. The number of hydrogen-bond acceptors (Lipinski definition) is 5. The minimum atomic E-state index is -0.124. The van der Waals surface area contributed by atoms with E-state index < -0.39 is 0 Å². The fraction of sp³-hybridized carbons (Fsp3) is 0.381. The van der Waals surface area contributed by atoms with Gasteiger partial charge in [-0.25, -0.2) is 0 Å². The van der Waals surface area contributed by atoms with Gasteiger partial charge in [0, 0.05) is 24.2 Å². The molecule has 0 atom stereocenters. The van der Waals surface area contributed by atoms with Gasteiger partial charge in [-0.1, -0.05) is 29.8 Å². The molecular formula is C21H25ClN2O4. The second kappa shape index (κ2) is 9.17. The molecule has 0 aliphatic heterocycles. The minimum absolute atomic E-state index is 0.124. The zero-order valence-electron chi connectivity index (χ0n) is 16.3. The Balaban J connectivity index is 1.71. The number of benzene rings is 2. The summed E-state index contributed by atoms with van der Waals surface area (Å²) >= 11 is 6.19. The molecule has 1 fully saturated rings. The number of ether oxygens (including phenoxy) is 3. The van der Waals surface area contributed by atoms with Crippen LogP contribution in [0.15, 0.2) is 36.4 Å². The zero-order valence-corrected chi connectivity index (χ0v) is 17.1. The highest BCUT2D eigenvalue weighted by molar-refractivity contribution is 6.32. The molecular weight excluding hydrogens is 380 g/mol. The van der Waals surface area contributed by atoms with E-state index >= 15 is 0 Å². The molecule has 0 heterocycles. The van der Waals surface area contributed by atoms with Crippen molar-refractivity contribution >= 4 is 23.2 Å². The molecule has 1 aliphatic carbocycles. The summed E-state index contributed by atoms with van der Waals surface area (Å²) in [5.74, 6) is 1.70. The number of nitrogens with one attached hydrogen (secondary N) is 1. The molecule has 150 valence electrons. The first kappa shape index (κ1) is 20.3. The third-order valence-electron chi connectivity index (χ3n) is 4.72. The maximum absolute atomic E-state index is 12.7. The number of anilines is 1. The summed E-state index contributed by atoms with van der Waals surface area (Å²) in [6.07, 6.45) is 2.19. The summed E-state index contributed by atoms with van der Waals surface area (Å²) in [6.45, 7) is 0.929. The van der Waals surface area contributed by atoms with Gasteiger partial charge in [0.1, 0.15) is 17.2 Å². The highest BCUT2D eigenvalue weighted by Gasteiger charge is 2.31. The molecule has 0 aromatic heterocycles. The van der Waals surface area contributed by atoms with Crippen LogP contribution < -0.4 is 19.5 Å². The third kappa shape index (κ3) is 4.88. The van der Waals surface area contributed by atoms with E-state index in [2.05, 4.69) is 10.2 Å². The molecule has 1 amide bonds. The van der Waals surface area contributed by atoms with Crippen molar-refractivity contribution in [1.29, 1.82) is 0 Å². The third-order valence-corrected chi connectivity index (χ3v) is 5.02. The van der Waals surface area contributed by atoms with E-state index in [9.17, 15) is 4.79 Å². The maximum atomic E-state index is 12.7. The van der Waals surface area contributed by atoms with Crippen molar-refractivity contribution in [3.05, 3.63) is 47.0 Å². The van der Waals surface area contributed by atoms with Crippen LogP contribution in [0.25, 0.3) is 0 Å². The van der Waals surface area contributed by atoms with E-state index in [-0.39, 0.29) is 12.5 Å². The lowest BCUT2D eigenvalue weighted by Crippen LogP contribution is -2.34. The second-order valence-electron chi connectivity index (χ2n) is 6.68. The molecule has 0 saturated heterocycles. The van der Waals surface area contributed by atoms with Crippen molar-refractivity contribution in [2.24, 2.45) is 0 Å². The molecule has 0 unspecified atom stereocenters. The van der Waals surface area contributed by atoms with Gasteiger partial charge in [0.05, 0.1) is 38.6 Å². The molecule has 1 saturated carbocycles. The Labute approximate surface area is 170 Å². The number of nitrogens with zero attached hydrogens (tertiary/aromatic N) is 1. The van der Waals surface area contributed by atoms with Crippen LogP contribution in [0.5, 0.6) is 17.2 Å². The predicted molar refractivity (Wildman–Crippen MR) is 110 cm³/mol. The summed E-state index contributed by atoms with van der Waals surface area (Å²) in [4.78, 5) is 14.9. The van der Waals surface area contributed by atoms with Gasteiger partial charge in [-0.2, -0.15) is 0 Å². The topological polar surface area (TPSA) is 60.0 Å². The lowest BCUT2D eigenvalue weighted by Gasteiger charge is -2.23. The Morgan fingerprint density at radius 1 is 1.07 bits per heavy atom. The average Bonchev–Trinajstić information content (AvgIpc) is 3.53. The summed E-state index contributed by atoms with van der Waals surface area (Å²) in [5, 5.41) is 3.31. The van der Waals surface area contributed by atoms with Crippen LogP contribution in [0.1, 0.15) is 18.4 Å². The Kier molecular flexibility index (Phi) is 6.65. The Bertz CT molecular complexity index is 839. The van der Waals surface area contributed by atoms with Crippen LogP contribution in [0.4, 0.5) is 5.69 Å². The molecule has 0 spiro atoms. The first-order valence-corrected chi connectivity index (χ1v) is 9.50. The van der Waals surface area contributed by atoms with Crippen LogP contribution in [-0.4, -0.2) is 44.7 Å². The predicted octanol–water partition coefficient (Wildman–Crippen LogP) is 3.97. The van der Waals surface area contributed by atoms with E-state index in [1.165, 1.54) is 14.2 Å². The fourth-order valence-electron chi connectivity index (χ4n) is 3.14. The minimum Gasteiger partial charge on any atom is -0.496 e. The van der Waals surface area contributed by atoms with Gasteiger partial charge in [-0.3, -0.25) is 9.69 Å². The number of para-hydroxylation sites is 1. The van der Waals surface area contributed by atoms with E-state index in [1.54, 1.807) is 19.2 Å². The molecule has 1 N–H and O–H groups in total. The number of carbonyl (C=O) groups is 1. The first-order chi connectivity index (χ1) is 13.5. The summed E-state index contributed by atoms with van der Waals surface area (Å²) in [7, 11) is 4.73. The SMILES string of the molecule is COc1cc(OC)c(NC(=O)CN(Cc2ccccc2OC)C2CC2)cc1Cl. The van der Waals surface area contributed by atoms with Gasteiger partial charge in [-0.15, -0.1) is 0 Å². The molecule has 0 radical (unpaired) electrons. The quantitative estimate of drug-likeness (QED) is 0.685. The van der Waals surface area contributed by atoms with Gasteiger partial charge in [0.2, 0.25) is 5.91 Å². The largest absolute Gasteiger partial charge is 0.496 e. The summed E-state index contributed by atoms with van der Waals surface area (Å²) in [6, 6.07) is 11.6. The normalized spacial score (nSPS) is 13.3. The standard InChI is InChI=1S/C21H25ClN2O4/c1-26-18-7-5-4-6-14(18)12-24(15-8-9-15)13-21(25)23-17-10-16(22)19(27-2)11-20(17)28-3/h4-7,10-11,15H,8-9,12-13H2,1-3H3,(H,23,25). The van der Waals surface area contributed by atoms with E-state index in [0.717, 1.165) is 24.2 Å². The molecule has 0 bridgehead atoms. The highest BCUT2D eigenvalue weighted by atomic mass is 35.5. The Morgan fingerprint density at radius 2 is 1.75 bits per heavy atom. The number of rotatable bonds is 9. The maximum Gasteiger partial charge on any atom is 0.238 e. The van der Waals surface area contributed by atoms with Crippen molar-refractivity contribution in [2.75, 3.05) is 33.2 Å². The average molecular weight is 405 g/mol. The van der Waals surface area contributed by atoms with Crippen molar-refractivity contribution < 1.29 is 19.0 Å². The van der Waals surface area contributed by atoms with Gasteiger partial charge in [-0.05, 0) is 25.0 Å². The monoisotopic (exact) mass is 404 g/mol.